The molecule has 0 aliphatic carbocycles. The summed E-state index contributed by atoms with van der Waals surface area (Å²) < 4.78 is 15.9. The highest BCUT2D eigenvalue weighted by Gasteiger charge is 2.15. The smallest absolute Gasteiger partial charge is 0.203 e. The molecule has 102 valence electrons. The lowest BCUT2D eigenvalue weighted by molar-refractivity contribution is 0.324. The molecule has 0 amide bonds. The summed E-state index contributed by atoms with van der Waals surface area (Å²) in [5, 5.41) is 2.54. The minimum absolute atomic E-state index is 0.557. The van der Waals surface area contributed by atoms with Crippen molar-refractivity contribution in [3.63, 3.8) is 0 Å². The first-order chi connectivity index (χ1) is 9.23. The van der Waals surface area contributed by atoms with Crippen molar-refractivity contribution in [1.29, 1.82) is 0 Å². The van der Waals surface area contributed by atoms with Gasteiger partial charge < -0.3 is 14.2 Å². The number of nitrogens with zero attached hydrogens (tertiary/aromatic N) is 1. The van der Waals surface area contributed by atoms with Gasteiger partial charge in [-0.3, -0.25) is 5.43 Å². The van der Waals surface area contributed by atoms with Crippen LogP contribution in [0.2, 0.25) is 0 Å². The monoisotopic (exact) mass is 281 g/mol. The Labute approximate surface area is 115 Å². The predicted octanol–water partition coefficient (Wildman–Crippen LogP) is 2.12. The second-order valence-corrected chi connectivity index (χ2v) is 4.45. The van der Waals surface area contributed by atoms with Crippen molar-refractivity contribution in [3.8, 4) is 28.5 Å². The van der Waals surface area contributed by atoms with Gasteiger partial charge in [0.1, 0.15) is 0 Å². The fraction of sp³-hybridized carbons (Fsp3) is 0.250. The number of anilines is 1. The number of hydrogen-bond donors (Lipinski definition) is 2. The summed E-state index contributed by atoms with van der Waals surface area (Å²) in [6.07, 6.45) is 0. The molecular formula is C12H15N3O3S. The van der Waals surface area contributed by atoms with E-state index in [1.54, 1.807) is 21.3 Å². The third-order valence-corrected chi connectivity index (χ3v) is 3.36. The first-order valence-electron chi connectivity index (χ1n) is 5.46. The van der Waals surface area contributed by atoms with Gasteiger partial charge in [-0.15, -0.1) is 11.3 Å². The maximum atomic E-state index is 5.33. The number of benzene rings is 1. The van der Waals surface area contributed by atoms with Gasteiger partial charge in [-0.25, -0.2) is 10.8 Å². The van der Waals surface area contributed by atoms with Gasteiger partial charge in [0.05, 0.1) is 27.0 Å². The van der Waals surface area contributed by atoms with Gasteiger partial charge in [0.2, 0.25) is 5.75 Å². The van der Waals surface area contributed by atoms with Gasteiger partial charge in [0.25, 0.3) is 0 Å². The number of nitrogens with one attached hydrogen (secondary N) is 1. The summed E-state index contributed by atoms with van der Waals surface area (Å²) in [6.45, 7) is 0. The number of methoxy groups -OCH3 is 3. The van der Waals surface area contributed by atoms with Crippen molar-refractivity contribution in [2.75, 3.05) is 26.8 Å². The van der Waals surface area contributed by atoms with Gasteiger partial charge in [-0.05, 0) is 12.1 Å². The summed E-state index contributed by atoms with van der Waals surface area (Å²) in [6, 6.07) is 3.69. The van der Waals surface area contributed by atoms with Gasteiger partial charge in [0, 0.05) is 10.9 Å². The standard InChI is InChI=1S/C12H15N3O3S/c1-16-9-4-7(5-10(17-2)11(9)18-3)8-6-19-12(14-8)15-13/h4-6H,13H2,1-3H3,(H,14,15). The number of aromatic nitrogens is 1. The van der Waals surface area contributed by atoms with E-state index in [4.69, 9.17) is 20.1 Å². The average molecular weight is 281 g/mol. The molecule has 19 heavy (non-hydrogen) atoms. The third kappa shape index (κ3) is 2.56. The van der Waals surface area contributed by atoms with Crippen LogP contribution >= 0.6 is 11.3 Å². The number of hydrogen-bond acceptors (Lipinski definition) is 7. The van der Waals surface area contributed by atoms with Gasteiger partial charge in [-0.2, -0.15) is 0 Å². The van der Waals surface area contributed by atoms with Crippen LogP contribution in [0, 0.1) is 0 Å². The van der Waals surface area contributed by atoms with Crippen molar-refractivity contribution in [2.24, 2.45) is 5.84 Å². The molecule has 1 aromatic heterocycles. The normalized spacial score (nSPS) is 10.1. The fourth-order valence-electron chi connectivity index (χ4n) is 1.70. The zero-order chi connectivity index (χ0) is 13.8. The Morgan fingerprint density at radius 1 is 1.11 bits per heavy atom. The van der Waals surface area contributed by atoms with Crippen molar-refractivity contribution in [2.45, 2.75) is 0 Å². The number of rotatable bonds is 5. The molecule has 7 heteroatoms. The Balaban J connectivity index is 2.51. The van der Waals surface area contributed by atoms with Crippen LogP contribution in [0.4, 0.5) is 5.13 Å². The Hall–Kier alpha value is -1.99. The van der Waals surface area contributed by atoms with Crippen LogP contribution in [0.15, 0.2) is 17.5 Å². The van der Waals surface area contributed by atoms with E-state index in [0.29, 0.717) is 22.4 Å². The summed E-state index contributed by atoms with van der Waals surface area (Å²) in [4.78, 5) is 4.34. The lowest BCUT2D eigenvalue weighted by atomic mass is 10.1. The van der Waals surface area contributed by atoms with Crippen LogP contribution in [-0.2, 0) is 0 Å². The van der Waals surface area contributed by atoms with Crippen LogP contribution < -0.4 is 25.5 Å². The molecule has 0 spiro atoms. The van der Waals surface area contributed by atoms with E-state index in [1.165, 1.54) is 11.3 Å². The molecule has 2 aromatic rings. The molecule has 0 atom stereocenters. The molecule has 6 nitrogen and oxygen atoms in total. The number of thiazole rings is 1. The van der Waals surface area contributed by atoms with Gasteiger partial charge in [0.15, 0.2) is 16.6 Å². The third-order valence-electron chi connectivity index (χ3n) is 2.59. The summed E-state index contributed by atoms with van der Waals surface area (Å²) in [7, 11) is 4.73. The Bertz CT molecular complexity index is 546. The van der Waals surface area contributed by atoms with E-state index in [0.717, 1.165) is 11.3 Å². The Morgan fingerprint density at radius 3 is 2.16 bits per heavy atom. The highest BCUT2D eigenvalue weighted by Crippen LogP contribution is 2.41. The van der Waals surface area contributed by atoms with Crippen LogP contribution in [-0.4, -0.2) is 26.3 Å². The quantitative estimate of drug-likeness (QED) is 0.645. The predicted molar refractivity (Wildman–Crippen MR) is 75.0 cm³/mol. The molecule has 0 radical (unpaired) electrons. The molecule has 0 saturated heterocycles. The molecule has 0 fully saturated rings. The second kappa shape index (κ2) is 5.77. The average Bonchev–Trinajstić information content (AvgIpc) is 2.94. The Kier molecular flexibility index (Phi) is 4.08. The van der Waals surface area contributed by atoms with Gasteiger partial charge >= 0.3 is 0 Å². The summed E-state index contributed by atoms with van der Waals surface area (Å²) in [5.41, 5.74) is 4.17. The second-order valence-electron chi connectivity index (χ2n) is 3.60. The maximum absolute atomic E-state index is 5.33. The van der Waals surface area contributed by atoms with Crippen LogP contribution in [0.25, 0.3) is 11.3 Å². The highest BCUT2D eigenvalue weighted by molar-refractivity contribution is 7.14. The SMILES string of the molecule is COc1cc(-c2csc(NN)n2)cc(OC)c1OC. The minimum Gasteiger partial charge on any atom is -0.493 e. The van der Waals surface area contributed by atoms with E-state index in [2.05, 4.69) is 10.4 Å². The summed E-state index contributed by atoms with van der Waals surface area (Å²) >= 11 is 1.42. The Morgan fingerprint density at radius 2 is 1.74 bits per heavy atom. The van der Waals surface area contributed by atoms with Gasteiger partial charge in [-0.1, -0.05) is 0 Å². The van der Waals surface area contributed by atoms with E-state index in [-0.39, 0.29) is 0 Å². The zero-order valence-electron chi connectivity index (χ0n) is 10.9. The van der Waals surface area contributed by atoms with Crippen LogP contribution in [0.3, 0.4) is 0 Å². The molecular weight excluding hydrogens is 266 g/mol. The molecule has 0 bridgehead atoms. The molecule has 1 heterocycles. The fourth-order valence-corrected chi connectivity index (χ4v) is 2.33. The van der Waals surface area contributed by atoms with E-state index >= 15 is 0 Å². The van der Waals surface area contributed by atoms with Crippen molar-refractivity contribution >= 4 is 16.5 Å². The minimum atomic E-state index is 0.557. The molecule has 3 N–H and O–H groups in total. The van der Waals surface area contributed by atoms with Crippen molar-refractivity contribution in [3.05, 3.63) is 17.5 Å². The van der Waals surface area contributed by atoms with E-state index < -0.39 is 0 Å². The summed E-state index contributed by atoms with van der Waals surface area (Å²) in [5.74, 6) is 7.06. The molecule has 0 saturated carbocycles. The van der Waals surface area contributed by atoms with E-state index in [9.17, 15) is 0 Å². The number of nitrogen functional groups attached to an aromatic ring is 1. The zero-order valence-corrected chi connectivity index (χ0v) is 11.7. The van der Waals surface area contributed by atoms with Crippen LogP contribution in [0.5, 0.6) is 17.2 Å². The molecule has 0 aliphatic heterocycles. The highest BCUT2D eigenvalue weighted by atomic mass is 32.1. The number of ether oxygens (including phenoxy) is 3. The maximum Gasteiger partial charge on any atom is 0.203 e. The van der Waals surface area contributed by atoms with E-state index in [1.807, 2.05) is 17.5 Å². The molecule has 1 aromatic carbocycles. The van der Waals surface area contributed by atoms with Crippen molar-refractivity contribution < 1.29 is 14.2 Å². The molecule has 2 rings (SSSR count). The number of hydrazine groups is 1. The first-order valence-corrected chi connectivity index (χ1v) is 6.34. The van der Waals surface area contributed by atoms with Crippen LogP contribution in [0.1, 0.15) is 0 Å². The molecule has 0 unspecified atom stereocenters. The first kappa shape index (κ1) is 13.4. The largest absolute Gasteiger partial charge is 0.493 e. The van der Waals surface area contributed by atoms with Crippen molar-refractivity contribution in [1.82, 2.24) is 4.98 Å². The topological polar surface area (TPSA) is 78.6 Å². The number of nitrogens with two attached hydrogens (primary N) is 1. The lowest BCUT2D eigenvalue weighted by Gasteiger charge is -2.13. The lowest BCUT2D eigenvalue weighted by Crippen LogP contribution is -2.05. The molecule has 0 aliphatic rings.